The molecule has 0 aliphatic heterocycles. The van der Waals surface area contributed by atoms with Gasteiger partial charge in [0.05, 0.1) is 20.9 Å². The Bertz CT molecular complexity index is 1090. The maximum absolute atomic E-state index is 12.6. The van der Waals surface area contributed by atoms with Crippen LogP contribution in [0, 0.1) is 0 Å². The zero-order valence-electron chi connectivity index (χ0n) is 16.4. The summed E-state index contributed by atoms with van der Waals surface area (Å²) in [6.07, 6.45) is 2.09. The van der Waals surface area contributed by atoms with Crippen molar-refractivity contribution >= 4 is 69.9 Å². The molecule has 160 valence electrons. The van der Waals surface area contributed by atoms with Gasteiger partial charge in [-0.2, -0.15) is 0 Å². The number of pyridine rings is 1. The average Bonchev–Trinajstić information content (AvgIpc) is 2.73. The molecule has 1 aromatic heterocycles. The first kappa shape index (κ1) is 23.4. The van der Waals surface area contributed by atoms with Gasteiger partial charge in [-0.1, -0.05) is 47.8 Å². The molecule has 0 radical (unpaired) electrons. The monoisotopic (exact) mass is 493 g/mol. The first-order valence-electron chi connectivity index (χ1n) is 9.31. The molecule has 3 aromatic rings. The molecule has 1 heterocycles. The number of anilines is 2. The number of nitrogens with zero attached hydrogens (tertiary/aromatic N) is 1. The highest BCUT2D eigenvalue weighted by molar-refractivity contribution is 8.00. The van der Waals surface area contributed by atoms with Gasteiger partial charge in [-0.05, 0) is 55.0 Å². The Morgan fingerprint density at radius 2 is 1.77 bits per heavy atom. The van der Waals surface area contributed by atoms with Crippen molar-refractivity contribution in [3.63, 3.8) is 0 Å². The summed E-state index contributed by atoms with van der Waals surface area (Å²) in [5.41, 5.74) is 0.918. The van der Waals surface area contributed by atoms with Crippen molar-refractivity contribution in [3.05, 3.63) is 81.4 Å². The molecular weight excluding hydrogens is 477 g/mol. The van der Waals surface area contributed by atoms with Crippen molar-refractivity contribution in [2.75, 3.05) is 10.6 Å². The lowest BCUT2D eigenvalue weighted by molar-refractivity contribution is -0.115. The number of nitrogens with one attached hydrogen (secondary N) is 2. The van der Waals surface area contributed by atoms with E-state index in [2.05, 4.69) is 15.6 Å². The Morgan fingerprint density at radius 3 is 2.45 bits per heavy atom. The lowest BCUT2D eigenvalue weighted by atomic mass is 10.2. The number of rotatable bonds is 7. The quantitative estimate of drug-likeness (QED) is 0.354. The van der Waals surface area contributed by atoms with Crippen LogP contribution in [0.15, 0.2) is 65.7 Å². The number of thioether (sulfide) groups is 1. The van der Waals surface area contributed by atoms with Gasteiger partial charge < -0.3 is 10.6 Å². The molecule has 2 N–H and O–H groups in total. The maximum Gasteiger partial charge on any atom is 0.257 e. The second kappa shape index (κ2) is 10.9. The molecule has 2 aromatic carbocycles. The fourth-order valence-corrected chi connectivity index (χ4v) is 4.28. The molecule has 0 bridgehead atoms. The van der Waals surface area contributed by atoms with Crippen molar-refractivity contribution in [1.29, 1.82) is 0 Å². The van der Waals surface area contributed by atoms with Gasteiger partial charge in [0.2, 0.25) is 5.91 Å². The fraction of sp³-hybridized carbons (Fsp3) is 0.136. The van der Waals surface area contributed by atoms with E-state index in [0.29, 0.717) is 33.5 Å². The van der Waals surface area contributed by atoms with Crippen LogP contribution < -0.4 is 10.6 Å². The molecule has 5 nitrogen and oxygen atoms in total. The van der Waals surface area contributed by atoms with Gasteiger partial charge in [0.25, 0.3) is 5.91 Å². The SMILES string of the molecule is CCC(Sc1cccc(NC(=O)c2ccc(Cl)cc2Cl)c1)C(=O)Nc1ccc(Cl)cn1. The van der Waals surface area contributed by atoms with Crippen LogP contribution in [0.4, 0.5) is 11.5 Å². The highest BCUT2D eigenvalue weighted by Gasteiger charge is 2.19. The molecule has 0 fully saturated rings. The molecule has 9 heteroatoms. The fourth-order valence-electron chi connectivity index (χ4n) is 2.66. The van der Waals surface area contributed by atoms with Gasteiger partial charge >= 0.3 is 0 Å². The van der Waals surface area contributed by atoms with Crippen LogP contribution in [0.1, 0.15) is 23.7 Å². The van der Waals surface area contributed by atoms with E-state index in [9.17, 15) is 9.59 Å². The lowest BCUT2D eigenvalue weighted by Crippen LogP contribution is -2.25. The van der Waals surface area contributed by atoms with Crippen LogP contribution in [0.2, 0.25) is 15.1 Å². The van der Waals surface area contributed by atoms with E-state index in [1.807, 2.05) is 25.1 Å². The summed E-state index contributed by atoms with van der Waals surface area (Å²) in [5, 5.41) is 6.50. The van der Waals surface area contributed by atoms with Crippen molar-refractivity contribution in [1.82, 2.24) is 4.98 Å². The summed E-state index contributed by atoms with van der Waals surface area (Å²) < 4.78 is 0. The van der Waals surface area contributed by atoms with E-state index in [-0.39, 0.29) is 22.1 Å². The first-order valence-corrected chi connectivity index (χ1v) is 11.3. The molecular formula is C22H18Cl3N3O2S. The summed E-state index contributed by atoms with van der Waals surface area (Å²) in [4.78, 5) is 30.1. The van der Waals surface area contributed by atoms with Gasteiger partial charge in [0.15, 0.2) is 0 Å². The van der Waals surface area contributed by atoms with Crippen molar-refractivity contribution in [2.45, 2.75) is 23.5 Å². The smallest absolute Gasteiger partial charge is 0.257 e. The Morgan fingerprint density at radius 1 is 1.00 bits per heavy atom. The third kappa shape index (κ3) is 6.61. The predicted octanol–water partition coefficient (Wildman–Crippen LogP) is 6.80. The molecule has 0 aliphatic rings. The van der Waals surface area contributed by atoms with Gasteiger partial charge in [0, 0.05) is 21.8 Å². The molecule has 3 rings (SSSR count). The molecule has 0 saturated carbocycles. The number of halogens is 3. The summed E-state index contributed by atoms with van der Waals surface area (Å²) >= 11 is 19.2. The molecule has 0 spiro atoms. The summed E-state index contributed by atoms with van der Waals surface area (Å²) in [6, 6.07) is 15.3. The minimum atomic E-state index is -0.345. The second-order valence-corrected chi connectivity index (χ2v) is 9.03. The van der Waals surface area contributed by atoms with Crippen molar-refractivity contribution < 1.29 is 9.59 Å². The van der Waals surface area contributed by atoms with E-state index in [4.69, 9.17) is 34.8 Å². The Labute approximate surface area is 199 Å². The summed E-state index contributed by atoms with van der Waals surface area (Å²) in [5.74, 6) is -0.0681. The van der Waals surface area contributed by atoms with Gasteiger partial charge in [-0.3, -0.25) is 9.59 Å². The molecule has 31 heavy (non-hydrogen) atoms. The van der Waals surface area contributed by atoms with E-state index in [1.54, 1.807) is 30.3 Å². The predicted molar refractivity (Wildman–Crippen MR) is 129 cm³/mol. The topological polar surface area (TPSA) is 71.1 Å². The standard InChI is InChI=1S/C22H18Cl3N3O2S/c1-2-19(22(30)28-20-9-7-14(24)12-26-20)31-16-5-3-4-15(11-16)27-21(29)17-8-6-13(23)10-18(17)25/h3-12,19H,2H2,1H3,(H,27,29)(H,26,28,30). The Balaban J connectivity index is 1.67. The minimum absolute atomic E-state index is 0.162. The van der Waals surface area contributed by atoms with Crippen LogP contribution in [-0.2, 0) is 4.79 Å². The molecule has 1 atom stereocenters. The van der Waals surface area contributed by atoms with E-state index >= 15 is 0 Å². The van der Waals surface area contributed by atoms with E-state index < -0.39 is 0 Å². The normalized spacial score (nSPS) is 11.6. The van der Waals surface area contributed by atoms with Crippen molar-refractivity contribution in [3.8, 4) is 0 Å². The van der Waals surface area contributed by atoms with Crippen LogP contribution >= 0.6 is 46.6 Å². The van der Waals surface area contributed by atoms with Gasteiger partial charge in [-0.15, -0.1) is 11.8 Å². The largest absolute Gasteiger partial charge is 0.322 e. The average molecular weight is 495 g/mol. The number of carbonyl (C=O) groups excluding carboxylic acids is 2. The molecule has 0 saturated heterocycles. The number of amides is 2. The third-order valence-electron chi connectivity index (χ3n) is 4.19. The Hall–Kier alpha value is -2.25. The highest BCUT2D eigenvalue weighted by Crippen LogP contribution is 2.29. The molecule has 0 aliphatic carbocycles. The van der Waals surface area contributed by atoms with Crippen LogP contribution in [0.25, 0.3) is 0 Å². The van der Waals surface area contributed by atoms with Gasteiger partial charge in [0.1, 0.15) is 5.82 Å². The van der Waals surface area contributed by atoms with Gasteiger partial charge in [-0.25, -0.2) is 4.98 Å². The van der Waals surface area contributed by atoms with Crippen LogP contribution in [0.5, 0.6) is 0 Å². The van der Waals surface area contributed by atoms with E-state index in [1.165, 1.54) is 24.0 Å². The lowest BCUT2D eigenvalue weighted by Gasteiger charge is -2.15. The molecule has 1 unspecified atom stereocenters. The highest BCUT2D eigenvalue weighted by atomic mass is 35.5. The minimum Gasteiger partial charge on any atom is -0.322 e. The first-order chi connectivity index (χ1) is 14.9. The van der Waals surface area contributed by atoms with Crippen molar-refractivity contribution in [2.24, 2.45) is 0 Å². The number of benzene rings is 2. The number of carbonyl (C=O) groups is 2. The zero-order chi connectivity index (χ0) is 22.4. The third-order valence-corrected chi connectivity index (χ3v) is 6.32. The van der Waals surface area contributed by atoms with Crippen LogP contribution in [0.3, 0.4) is 0 Å². The Kier molecular flexibility index (Phi) is 8.21. The summed E-state index contributed by atoms with van der Waals surface area (Å²) in [6.45, 7) is 1.93. The molecule has 2 amide bonds. The summed E-state index contributed by atoms with van der Waals surface area (Å²) in [7, 11) is 0. The maximum atomic E-state index is 12.6. The van der Waals surface area contributed by atoms with E-state index in [0.717, 1.165) is 4.90 Å². The zero-order valence-corrected chi connectivity index (χ0v) is 19.4. The second-order valence-electron chi connectivity index (χ2n) is 6.47. The number of hydrogen-bond acceptors (Lipinski definition) is 4. The number of hydrogen-bond donors (Lipinski definition) is 2. The number of aromatic nitrogens is 1. The van der Waals surface area contributed by atoms with Crippen LogP contribution in [-0.4, -0.2) is 22.0 Å².